The molecule has 0 saturated carbocycles. The number of aliphatic carboxylic acids is 1. The van der Waals surface area contributed by atoms with Gasteiger partial charge in [0.2, 0.25) is 11.8 Å². The summed E-state index contributed by atoms with van der Waals surface area (Å²) in [6.45, 7) is -0.422. The Morgan fingerprint density at radius 2 is 2.27 bits per heavy atom. The molecule has 1 rings (SSSR count). The van der Waals surface area contributed by atoms with Gasteiger partial charge in [-0.1, -0.05) is 0 Å². The minimum Gasteiger partial charge on any atom is -0.479 e. The van der Waals surface area contributed by atoms with Crippen molar-refractivity contribution >= 4 is 17.8 Å². The Morgan fingerprint density at radius 1 is 1.60 bits per heavy atom. The number of nitrogens with two attached hydrogens (primary N) is 1. The summed E-state index contributed by atoms with van der Waals surface area (Å²) in [7, 11) is 0. The standard InChI is InChI=1S/C6H9N5O4/c7-6-9-3(10-11-6)4(13)8-1-2(12)5(14)15/h2,12H,1H2,(H,8,13)(H,14,15)(H3,7,9,10,11)/t2-/m0/s1. The second kappa shape index (κ2) is 4.37. The van der Waals surface area contributed by atoms with Crippen LogP contribution in [-0.4, -0.2) is 49.9 Å². The van der Waals surface area contributed by atoms with E-state index >= 15 is 0 Å². The number of hydrogen-bond donors (Lipinski definition) is 5. The molecule has 1 heterocycles. The zero-order valence-electron chi connectivity index (χ0n) is 7.47. The molecule has 82 valence electrons. The van der Waals surface area contributed by atoms with Crippen molar-refractivity contribution in [3.05, 3.63) is 5.82 Å². The van der Waals surface area contributed by atoms with Crippen LogP contribution in [0.15, 0.2) is 0 Å². The number of carboxylic acids is 1. The topological polar surface area (TPSA) is 154 Å². The molecular weight excluding hydrogens is 206 g/mol. The molecule has 1 amide bonds. The number of aliphatic hydroxyl groups excluding tert-OH is 1. The highest BCUT2D eigenvalue weighted by atomic mass is 16.4. The quantitative estimate of drug-likeness (QED) is 0.373. The number of carbonyl (C=O) groups is 2. The zero-order valence-corrected chi connectivity index (χ0v) is 7.47. The molecule has 15 heavy (non-hydrogen) atoms. The minimum atomic E-state index is -1.66. The van der Waals surface area contributed by atoms with E-state index in [4.69, 9.17) is 15.9 Å². The van der Waals surface area contributed by atoms with Crippen molar-refractivity contribution in [2.24, 2.45) is 0 Å². The molecule has 0 spiro atoms. The Morgan fingerprint density at radius 3 is 2.73 bits per heavy atom. The number of H-pyrrole nitrogens is 1. The molecule has 0 saturated heterocycles. The van der Waals surface area contributed by atoms with Crippen molar-refractivity contribution in [3.8, 4) is 0 Å². The fourth-order valence-corrected chi connectivity index (χ4v) is 0.737. The number of carbonyl (C=O) groups excluding carboxylic acids is 1. The number of aromatic amines is 1. The van der Waals surface area contributed by atoms with Gasteiger partial charge in [-0.15, -0.1) is 5.10 Å². The Bertz CT molecular complexity index is 375. The zero-order chi connectivity index (χ0) is 11.4. The van der Waals surface area contributed by atoms with Crippen LogP contribution in [0.1, 0.15) is 10.6 Å². The van der Waals surface area contributed by atoms with Crippen LogP contribution in [0.25, 0.3) is 0 Å². The Labute approximate surface area is 83.3 Å². The molecule has 6 N–H and O–H groups in total. The lowest BCUT2D eigenvalue weighted by atomic mass is 10.3. The Balaban J connectivity index is 2.47. The molecule has 0 unspecified atom stereocenters. The molecule has 0 aliphatic carbocycles. The molecule has 0 radical (unpaired) electrons. The molecule has 9 nitrogen and oxygen atoms in total. The number of carboxylic acid groups (broad SMARTS) is 1. The van der Waals surface area contributed by atoms with E-state index in [1.165, 1.54) is 0 Å². The summed E-state index contributed by atoms with van der Waals surface area (Å²) < 4.78 is 0. The van der Waals surface area contributed by atoms with Crippen molar-refractivity contribution in [3.63, 3.8) is 0 Å². The molecular formula is C6H9N5O4. The van der Waals surface area contributed by atoms with Crippen molar-refractivity contribution in [2.45, 2.75) is 6.10 Å². The summed E-state index contributed by atoms with van der Waals surface area (Å²) in [5.74, 6) is -2.36. The number of aromatic nitrogens is 3. The molecule has 0 bridgehead atoms. The van der Waals surface area contributed by atoms with Gasteiger partial charge in [-0.3, -0.25) is 9.89 Å². The Hall–Kier alpha value is -2.16. The summed E-state index contributed by atoms with van der Waals surface area (Å²) in [6, 6.07) is 0. The van der Waals surface area contributed by atoms with Crippen molar-refractivity contribution < 1.29 is 19.8 Å². The third-order valence-corrected chi connectivity index (χ3v) is 1.46. The SMILES string of the molecule is Nc1n[nH]c(C(=O)NC[C@H](O)C(=O)O)n1. The maximum absolute atomic E-state index is 11.2. The summed E-state index contributed by atoms with van der Waals surface area (Å²) >= 11 is 0. The predicted octanol–water partition coefficient (Wildman–Crippen LogP) is -2.44. The highest BCUT2D eigenvalue weighted by Gasteiger charge is 2.16. The van der Waals surface area contributed by atoms with Crippen LogP contribution in [0, 0.1) is 0 Å². The van der Waals surface area contributed by atoms with E-state index in [9.17, 15) is 9.59 Å². The Kier molecular flexibility index (Phi) is 3.18. The largest absolute Gasteiger partial charge is 0.479 e. The molecule has 1 aromatic heterocycles. The van der Waals surface area contributed by atoms with Crippen molar-refractivity contribution in [1.29, 1.82) is 0 Å². The lowest BCUT2D eigenvalue weighted by molar-refractivity contribution is -0.146. The highest BCUT2D eigenvalue weighted by molar-refractivity contribution is 5.90. The smallest absolute Gasteiger partial charge is 0.334 e. The number of nitrogens with zero attached hydrogens (tertiary/aromatic N) is 2. The normalized spacial score (nSPS) is 12.1. The second-order valence-electron chi connectivity index (χ2n) is 2.61. The molecule has 1 atom stereocenters. The molecule has 9 heteroatoms. The lowest BCUT2D eigenvalue weighted by Gasteiger charge is -2.05. The molecule has 0 aliphatic heterocycles. The van der Waals surface area contributed by atoms with Gasteiger partial charge in [0.15, 0.2) is 6.10 Å². The number of nitrogens with one attached hydrogen (secondary N) is 2. The summed E-state index contributed by atoms with van der Waals surface area (Å²) in [4.78, 5) is 24.9. The summed E-state index contributed by atoms with van der Waals surface area (Å²) in [6.07, 6.45) is -1.66. The lowest BCUT2D eigenvalue weighted by Crippen LogP contribution is -2.36. The van der Waals surface area contributed by atoms with Gasteiger partial charge in [-0.05, 0) is 0 Å². The van der Waals surface area contributed by atoms with Crippen LogP contribution in [-0.2, 0) is 4.79 Å². The van der Waals surface area contributed by atoms with E-state index < -0.39 is 24.5 Å². The number of hydrogen-bond acceptors (Lipinski definition) is 6. The van der Waals surface area contributed by atoms with Gasteiger partial charge >= 0.3 is 5.97 Å². The fraction of sp³-hybridized carbons (Fsp3) is 0.333. The van der Waals surface area contributed by atoms with Crippen LogP contribution in [0.5, 0.6) is 0 Å². The molecule has 0 fully saturated rings. The van der Waals surface area contributed by atoms with E-state index in [0.717, 1.165) is 0 Å². The third kappa shape index (κ3) is 2.91. The van der Waals surface area contributed by atoms with Gasteiger partial charge in [0.05, 0.1) is 6.54 Å². The maximum atomic E-state index is 11.2. The third-order valence-electron chi connectivity index (χ3n) is 1.46. The van der Waals surface area contributed by atoms with Gasteiger partial charge in [-0.2, -0.15) is 4.98 Å². The predicted molar refractivity (Wildman–Crippen MR) is 46.8 cm³/mol. The van der Waals surface area contributed by atoms with Gasteiger partial charge in [-0.25, -0.2) is 4.79 Å². The first-order valence-electron chi connectivity index (χ1n) is 3.87. The van der Waals surface area contributed by atoms with E-state index in [1.807, 2.05) is 0 Å². The first-order chi connectivity index (χ1) is 7.00. The minimum absolute atomic E-state index is 0.0982. The molecule has 1 aromatic rings. The molecule has 0 aliphatic rings. The number of nitrogen functional groups attached to an aromatic ring is 1. The number of amides is 1. The summed E-state index contributed by atoms with van der Waals surface area (Å²) in [5.41, 5.74) is 5.14. The average molecular weight is 215 g/mol. The van der Waals surface area contributed by atoms with E-state index in [0.29, 0.717) is 0 Å². The average Bonchev–Trinajstić information content (AvgIpc) is 2.60. The van der Waals surface area contributed by atoms with E-state index in [2.05, 4.69) is 20.5 Å². The van der Waals surface area contributed by atoms with Gasteiger partial charge < -0.3 is 21.3 Å². The number of rotatable bonds is 4. The van der Waals surface area contributed by atoms with Crippen LogP contribution in [0.4, 0.5) is 5.95 Å². The van der Waals surface area contributed by atoms with Crippen molar-refractivity contribution in [2.75, 3.05) is 12.3 Å². The van der Waals surface area contributed by atoms with Crippen LogP contribution in [0.2, 0.25) is 0 Å². The molecule has 0 aromatic carbocycles. The van der Waals surface area contributed by atoms with Gasteiger partial charge in [0.25, 0.3) is 5.91 Å². The monoisotopic (exact) mass is 215 g/mol. The maximum Gasteiger partial charge on any atom is 0.334 e. The summed E-state index contributed by atoms with van der Waals surface area (Å²) in [5, 5.41) is 24.9. The fourth-order valence-electron chi connectivity index (χ4n) is 0.737. The van der Waals surface area contributed by atoms with E-state index in [1.54, 1.807) is 0 Å². The van der Waals surface area contributed by atoms with Gasteiger partial charge in [0, 0.05) is 0 Å². The number of anilines is 1. The van der Waals surface area contributed by atoms with Crippen LogP contribution in [0.3, 0.4) is 0 Å². The van der Waals surface area contributed by atoms with Crippen LogP contribution < -0.4 is 11.1 Å². The van der Waals surface area contributed by atoms with Crippen LogP contribution >= 0.6 is 0 Å². The first-order valence-corrected chi connectivity index (χ1v) is 3.87. The van der Waals surface area contributed by atoms with Gasteiger partial charge in [0.1, 0.15) is 0 Å². The first kappa shape index (κ1) is 10.9. The van der Waals surface area contributed by atoms with E-state index in [-0.39, 0.29) is 11.8 Å². The van der Waals surface area contributed by atoms with Crippen molar-refractivity contribution in [1.82, 2.24) is 20.5 Å². The number of aliphatic hydroxyl groups is 1. The highest BCUT2D eigenvalue weighted by Crippen LogP contribution is 1.92. The second-order valence-corrected chi connectivity index (χ2v) is 2.61.